The molecule has 0 unspecified atom stereocenters. The molecule has 2 rings (SSSR count). The Hall–Kier alpha value is -1.53. The maximum absolute atomic E-state index is 13.1. The number of nitrogens with one attached hydrogen (secondary N) is 1. The summed E-state index contributed by atoms with van der Waals surface area (Å²) in [6.07, 6.45) is 0.362. The van der Waals surface area contributed by atoms with Crippen molar-refractivity contribution in [1.82, 2.24) is 0 Å². The minimum Gasteiger partial charge on any atom is -0.494 e. The molecular weight excluding hydrogens is 369 g/mol. The highest BCUT2D eigenvalue weighted by Gasteiger charge is 2.08. The van der Waals surface area contributed by atoms with Crippen molar-refractivity contribution in [1.29, 1.82) is 0 Å². The minimum absolute atomic E-state index is 0.130. The summed E-state index contributed by atoms with van der Waals surface area (Å²) in [5, 5.41) is 2.73. The second-order valence-electron chi connectivity index (χ2n) is 4.45. The van der Waals surface area contributed by atoms with Gasteiger partial charge in [-0.05, 0) is 36.4 Å². The SMILES string of the molecule is COc1cc(F)ccc1NC(=O)CCSc1ccc(Br)cc1. The summed E-state index contributed by atoms with van der Waals surface area (Å²) in [6, 6.07) is 11.9. The summed E-state index contributed by atoms with van der Waals surface area (Å²) >= 11 is 4.99. The molecule has 0 aliphatic heterocycles. The summed E-state index contributed by atoms with van der Waals surface area (Å²) in [7, 11) is 1.44. The first-order chi connectivity index (χ1) is 10.6. The van der Waals surface area contributed by atoms with E-state index in [1.165, 1.54) is 25.3 Å². The first-order valence-corrected chi connectivity index (χ1v) is 8.38. The Morgan fingerprint density at radius 1 is 1.27 bits per heavy atom. The van der Waals surface area contributed by atoms with Crippen LogP contribution in [0.5, 0.6) is 5.75 Å². The highest BCUT2D eigenvalue weighted by atomic mass is 79.9. The lowest BCUT2D eigenvalue weighted by Crippen LogP contribution is -2.13. The monoisotopic (exact) mass is 383 g/mol. The third kappa shape index (κ3) is 5.03. The number of carbonyl (C=O) groups excluding carboxylic acids is 1. The van der Waals surface area contributed by atoms with Crippen LogP contribution in [0.15, 0.2) is 51.8 Å². The van der Waals surface area contributed by atoms with Crippen LogP contribution in [0.25, 0.3) is 0 Å². The third-order valence-corrected chi connectivity index (χ3v) is 4.39. The zero-order valence-electron chi connectivity index (χ0n) is 11.9. The molecule has 2 aromatic rings. The van der Waals surface area contributed by atoms with Crippen LogP contribution in [-0.2, 0) is 4.79 Å². The lowest BCUT2D eigenvalue weighted by atomic mass is 10.2. The van der Waals surface area contributed by atoms with E-state index in [0.29, 0.717) is 23.6 Å². The van der Waals surface area contributed by atoms with Crippen molar-refractivity contribution < 1.29 is 13.9 Å². The molecule has 0 radical (unpaired) electrons. The highest BCUT2D eigenvalue weighted by molar-refractivity contribution is 9.10. The fourth-order valence-corrected chi connectivity index (χ4v) is 2.89. The fraction of sp³-hybridized carbons (Fsp3) is 0.188. The second-order valence-corrected chi connectivity index (χ2v) is 6.53. The molecule has 2 aromatic carbocycles. The number of thioether (sulfide) groups is 1. The molecular formula is C16H15BrFNO2S. The number of methoxy groups -OCH3 is 1. The quantitative estimate of drug-likeness (QED) is 0.733. The van der Waals surface area contributed by atoms with Gasteiger partial charge in [0.15, 0.2) is 0 Å². The largest absolute Gasteiger partial charge is 0.494 e. The number of ether oxygens (including phenoxy) is 1. The summed E-state index contributed by atoms with van der Waals surface area (Å²) in [5.74, 6) is 0.445. The molecule has 0 atom stereocenters. The second kappa shape index (κ2) is 8.19. The number of amides is 1. The Bertz CT molecular complexity index is 649. The molecule has 1 amide bonds. The van der Waals surface area contributed by atoms with Crippen LogP contribution in [0, 0.1) is 5.82 Å². The molecule has 22 heavy (non-hydrogen) atoms. The molecule has 0 aliphatic rings. The molecule has 0 bridgehead atoms. The van der Waals surface area contributed by atoms with E-state index in [0.717, 1.165) is 9.37 Å². The van der Waals surface area contributed by atoms with Gasteiger partial charge in [0.05, 0.1) is 12.8 Å². The average molecular weight is 384 g/mol. The molecule has 116 valence electrons. The zero-order chi connectivity index (χ0) is 15.9. The van der Waals surface area contributed by atoms with Crippen molar-refractivity contribution in [2.45, 2.75) is 11.3 Å². The zero-order valence-corrected chi connectivity index (χ0v) is 14.3. The first kappa shape index (κ1) is 16.8. The minimum atomic E-state index is -0.402. The van der Waals surface area contributed by atoms with Crippen molar-refractivity contribution in [3.63, 3.8) is 0 Å². The number of anilines is 1. The third-order valence-electron chi connectivity index (χ3n) is 2.85. The Morgan fingerprint density at radius 3 is 2.68 bits per heavy atom. The Labute approximate surface area is 141 Å². The lowest BCUT2D eigenvalue weighted by molar-refractivity contribution is -0.115. The maximum atomic E-state index is 13.1. The van der Waals surface area contributed by atoms with Gasteiger partial charge < -0.3 is 10.1 Å². The summed E-state index contributed by atoms with van der Waals surface area (Å²) < 4.78 is 19.2. The molecule has 0 spiro atoms. The van der Waals surface area contributed by atoms with Gasteiger partial charge in [0.1, 0.15) is 11.6 Å². The van der Waals surface area contributed by atoms with E-state index >= 15 is 0 Å². The Morgan fingerprint density at radius 2 is 2.00 bits per heavy atom. The maximum Gasteiger partial charge on any atom is 0.225 e. The Balaban J connectivity index is 1.84. The Kier molecular flexibility index (Phi) is 6.27. The van der Waals surface area contributed by atoms with Crippen molar-refractivity contribution in [2.24, 2.45) is 0 Å². The smallest absolute Gasteiger partial charge is 0.225 e. The number of carbonyl (C=O) groups is 1. The molecule has 6 heteroatoms. The number of hydrogen-bond donors (Lipinski definition) is 1. The number of hydrogen-bond acceptors (Lipinski definition) is 3. The topological polar surface area (TPSA) is 38.3 Å². The van der Waals surface area contributed by atoms with Gasteiger partial charge in [-0.1, -0.05) is 15.9 Å². The fourth-order valence-electron chi connectivity index (χ4n) is 1.77. The number of rotatable bonds is 6. The molecule has 0 aromatic heterocycles. The van der Waals surface area contributed by atoms with Gasteiger partial charge >= 0.3 is 0 Å². The van der Waals surface area contributed by atoms with Gasteiger partial charge in [0.25, 0.3) is 0 Å². The lowest BCUT2D eigenvalue weighted by Gasteiger charge is -2.10. The van der Waals surface area contributed by atoms with E-state index in [1.54, 1.807) is 11.8 Å². The van der Waals surface area contributed by atoms with Crippen LogP contribution in [0.4, 0.5) is 10.1 Å². The van der Waals surface area contributed by atoms with Gasteiger partial charge in [-0.3, -0.25) is 4.79 Å². The van der Waals surface area contributed by atoms with Crippen molar-refractivity contribution in [3.05, 3.63) is 52.8 Å². The molecule has 0 saturated heterocycles. The predicted molar refractivity (Wildman–Crippen MR) is 91.1 cm³/mol. The average Bonchev–Trinajstić information content (AvgIpc) is 2.51. The van der Waals surface area contributed by atoms with E-state index < -0.39 is 5.82 Å². The molecule has 0 aliphatic carbocycles. The molecule has 0 heterocycles. The van der Waals surface area contributed by atoms with Gasteiger partial charge in [0.2, 0.25) is 5.91 Å². The van der Waals surface area contributed by atoms with Crippen LogP contribution in [0.3, 0.4) is 0 Å². The van der Waals surface area contributed by atoms with Crippen LogP contribution in [0.2, 0.25) is 0 Å². The standard InChI is InChI=1S/C16H15BrFNO2S/c1-21-15-10-12(18)4-7-14(15)19-16(20)8-9-22-13-5-2-11(17)3-6-13/h2-7,10H,8-9H2,1H3,(H,19,20). The van der Waals surface area contributed by atoms with Crippen molar-refractivity contribution >= 4 is 39.3 Å². The van der Waals surface area contributed by atoms with Crippen LogP contribution in [0.1, 0.15) is 6.42 Å². The van der Waals surface area contributed by atoms with E-state index in [-0.39, 0.29) is 5.91 Å². The van der Waals surface area contributed by atoms with E-state index in [1.807, 2.05) is 24.3 Å². The van der Waals surface area contributed by atoms with Crippen molar-refractivity contribution in [3.8, 4) is 5.75 Å². The number of halogens is 2. The summed E-state index contributed by atoms with van der Waals surface area (Å²) in [5.41, 5.74) is 0.475. The van der Waals surface area contributed by atoms with Gasteiger partial charge in [-0.15, -0.1) is 11.8 Å². The molecule has 3 nitrogen and oxygen atoms in total. The normalized spacial score (nSPS) is 10.3. The van der Waals surface area contributed by atoms with E-state index in [4.69, 9.17) is 4.74 Å². The van der Waals surface area contributed by atoms with Crippen LogP contribution in [-0.4, -0.2) is 18.8 Å². The number of benzene rings is 2. The first-order valence-electron chi connectivity index (χ1n) is 6.60. The van der Waals surface area contributed by atoms with Crippen molar-refractivity contribution in [2.75, 3.05) is 18.2 Å². The van der Waals surface area contributed by atoms with Gasteiger partial charge in [-0.25, -0.2) is 4.39 Å². The molecule has 0 saturated carbocycles. The molecule has 0 fully saturated rings. The predicted octanol–water partition coefficient (Wildman–Crippen LogP) is 4.72. The van der Waals surface area contributed by atoms with E-state index in [2.05, 4.69) is 21.2 Å². The summed E-state index contributed by atoms with van der Waals surface area (Å²) in [6.45, 7) is 0. The van der Waals surface area contributed by atoms with Gasteiger partial charge in [0, 0.05) is 27.6 Å². The van der Waals surface area contributed by atoms with Gasteiger partial charge in [-0.2, -0.15) is 0 Å². The summed E-state index contributed by atoms with van der Waals surface area (Å²) in [4.78, 5) is 13.0. The van der Waals surface area contributed by atoms with Crippen LogP contribution < -0.4 is 10.1 Å². The highest BCUT2D eigenvalue weighted by Crippen LogP contribution is 2.26. The van der Waals surface area contributed by atoms with Crippen LogP contribution >= 0.6 is 27.7 Å². The van der Waals surface area contributed by atoms with E-state index in [9.17, 15) is 9.18 Å². The molecule has 1 N–H and O–H groups in total.